The topological polar surface area (TPSA) is 281 Å². The van der Waals surface area contributed by atoms with Crippen molar-refractivity contribution in [3.63, 3.8) is 0 Å². The highest BCUT2D eigenvalue weighted by Gasteiger charge is 2.48. The number of rotatable bonds is 23. The van der Waals surface area contributed by atoms with Crippen molar-refractivity contribution in [2.75, 3.05) is 39.3 Å². The molecule has 0 radical (unpaired) electrons. The third-order valence-corrected chi connectivity index (χ3v) is 25.0. The Hall–Kier alpha value is -15.7. The number of carboxylic acid groups (broad SMARTS) is 2. The molecule has 0 unspecified atom stereocenters. The Morgan fingerprint density at radius 3 is 1.26 bits per heavy atom. The van der Waals surface area contributed by atoms with Crippen molar-refractivity contribution in [2.45, 2.75) is 154 Å². The molecule has 0 aliphatic carbocycles. The molecule has 9 heterocycles. The Morgan fingerprint density at radius 1 is 0.438 bits per heavy atom. The zero-order valence-corrected chi connectivity index (χ0v) is 78.0. The number of ether oxygens (including phenoxy) is 6. The molecule has 42 heteroatoms. The molecule has 4 aliphatic rings. The number of hydrogen-bond acceptors (Lipinski definition) is 18. The molecular formula is C102H87F17N12O13. The van der Waals surface area contributed by atoms with E-state index in [0.29, 0.717) is 114 Å². The van der Waals surface area contributed by atoms with Crippen LogP contribution < -0.4 is 19.1 Å². The molecule has 144 heavy (non-hydrogen) atoms. The third-order valence-electron chi connectivity index (χ3n) is 25.0. The van der Waals surface area contributed by atoms with Gasteiger partial charge in [-0.3, -0.25) is 14.7 Å². The van der Waals surface area contributed by atoms with Crippen LogP contribution in [0.1, 0.15) is 163 Å². The van der Waals surface area contributed by atoms with Crippen LogP contribution in [0.3, 0.4) is 0 Å². The Labute approximate surface area is 810 Å². The molecule has 0 saturated carbocycles. The average molecular weight is 2010 g/mol. The minimum Gasteiger partial charge on any atom is -0.496 e. The van der Waals surface area contributed by atoms with E-state index in [9.17, 15) is 109 Å². The molecule has 8 aromatic carbocycles. The van der Waals surface area contributed by atoms with Crippen molar-refractivity contribution in [3.8, 4) is 84.6 Å². The fourth-order valence-electron chi connectivity index (χ4n) is 17.5. The first kappa shape index (κ1) is 103. The largest absolute Gasteiger partial charge is 0.496 e. The van der Waals surface area contributed by atoms with Gasteiger partial charge in [0.2, 0.25) is 0 Å². The van der Waals surface area contributed by atoms with Crippen LogP contribution in [0.5, 0.6) is 17.2 Å². The number of pyridine rings is 2. The second-order valence-corrected chi connectivity index (χ2v) is 34.9. The predicted octanol–water partition coefficient (Wildman–Crippen LogP) is 24.5. The van der Waals surface area contributed by atoms with E-state index >= 15 is 0 Å². The van der Waals surface area contributed by atoms with E-state index in [4.69, 9.17) is 38.4 Å². The zero-order chi connectivity index (χ0) is 104. The van der Waals surface area contributed by atoms with Crippen molar-refractivity contribution in [1.29, 1.82) is 0 Å². The van der Waals surface area contributed by atoms with E-state index in [-0.39, 0.29) is 84.9 Å². The van der Waals surface area contributed by atoms with Gasteiger partial charge in [-0.15, -0.1) is 0 Å². The summed E-state index contributed by atoms with van der Waals surface area (Å²) in [5, 5.41) is 27.2. The molecule has 4 aliphatic heterocycles. The fourth-order valence-corrected chi connectivity index (χ4v) is 17.5. The maximum Gasteiger partial charge on any atom is 0.416 e. The van der Waals surface area contributed by atoms with Gasteiger partial charge in [0.25, 0.3) is 5.95 Å². The van der Waals surface area contributed by atoms with E-state index < -0.39 is 148 Å². The number of carbonyl (C=O) groups excluding carboxylic acids is 3. The molecule has 25 nitrogen and oxygen atoms in total. The van der Waals surface area contributed by atoms with Gasteiger partial charge < -0.3 is 43.5 Å². The summed E-state index contributed by atoms with van der Waals surface area (Å²) in [7, 11) is 4.34. The number of hydrogen-bond donors (Lipinski definition) is 2. The maximum absolute atomic E-state index is 14.9. The highest BCUT2D eigenvalue weighted by atomic mass is 19.4. The number of aromatic carboxylic acids is 2. The second kappa shape index (κ2) is 40.4. The lowest BCUT2D eigenvalue weighted by Gasteiger charge is -2.36. The first-order valence-corrected chi connectivity index (χ1v) is 44.2. The van der Waals surface area contributed by atoms with E-state index in [2.05, 4.69) is 20.2 Å². The van der Waals surface area contributed by atoms with Crippen molar-refractivity contribution < 1.29 is 137 Å². The molecule has 3 amide bonds. The monoisotopic (exact) mass is 2010 g/mol. The van der Waals surface area contributed by atoms with E-state index in [0.717, 1.165) is 39.3 Å². The number of aryl methyl sites for hydroxylation is 3. The average Bonchev–Trinajstić information content (AvgIpc) is 1.48. The number of cyclic esters (lactones) is 3. The number of benzene rings is 8. The van der Waals surface area contributed by atoms with E-state index in [1.807, 2.05) is 32.9 Å². The minimum atomic E-state index is -5.09. The van der Waals surface area contributed by atoms with Crippen LogP contribution in [0, 0.1) is 26.6 Å². The smallest absolute Gasteiger partial charge is 0.416 e. The van der Waals surface area contributed by atoms with Gasteiger partial charge in [0.1, 0.15) is 53.4 Å². The van der Waals surface area contributed by atoms with Crippen LogP contribution in [-0.4, -0.2) is 153 Å². The Balaban J connectivity index is 0.000000163. The summed E-state index contributed by atoms with van der Waals surface area (Å²) in [6.45, 7) is 13.0. The van der Waals surface area contributed by atoms with Gasteiger partial charge in [0, 0.05) is 76.6 Å². The third kappa shape index (κ3) is 21.9. The summed E-state index contributed by atoms with van der Waals surface area (Å²) >= 11 is 0. The number of carboxylic acids is 2. The number of aromatic nitrogens is 8. The molecule has 17 rings (SSSR count). The van der Waals surface area contributed by atoms with Gasteiger partial charge in [-0.1, -0.05) is 49.7 Å². The van der Waals surface area contributed by atoms with Crippen molar-refractivity contribution in [3.05, 3.63) is 308 Å². The molecule has 4 fully saturated rings. The van der Waals surface area contributed by atoms with Crippen LogP contribution >= 0.6 is 0 Å². The molecule has 0 spiro atoms. The standard InChI is InChI=1S/C36H30F7N3O5.C35H30F3N5O5.C31H27F7N4O3/c1-18-8-21(33(47)48)4-6-27(18)20-5-7-30(50-3)28(11-20)29-14-44-31(45-16-26(37)17-45)12-23(29)15-46-19(2)32(51-34(46)49)22-9-24(35(38,39)40)13-25(10-22)36(41,42)43;1-19-12-24(15-25(13-19)35(36,37)38)31-21(3)42(34(46)48-31)18-29-28(17-39-33(41-29)43-11-5-10-40-43)27-16-22(7-9-30(27)47-4)26-8-6-23(32(44)45)14-20(26)2;1-16(2)22-13-23(26(44-4)14-24(22)32)21-6-7-27(42-9-5-8-39-42)40-25(21)15-41-17(3)28(45-29(41)43)18-10-19(30(33,34)35)12-20(11-18)31(36,37)38/h4-14,19,26,32H,15-17H2,1-3H3,(H,47,48);5-17,21,31H,18H2,1-4H3,(H,44,45);5-14,16-17,28H,15H2,1-4H3/t19-,32-;21-,31-;17-,28-/m000/s1. The van der Waals surface area contributed by atoms with Gasteiger partial charge in [0.05, 0.1) is 123 Å². The van der Waals surface area contributed by atoms with Crippen LogP contribution in [0.2, 0.25) is 0 Å². The van der Waals surface area contributed by atoms with Gasteiger partial charge in [-0.2, -0.15) is 76.1 Å². The molecule has 4 saturated heterocycles. The van der Waals surface area contributed by atoms with Crippen LogP contribution in [0.25, 0.3) is 67.4 Å². The lowest BCUT2D eigenvalue weighted by Crippen LogP contribution is -2.48. The molecule has 752 valence electrons. The lowest BCUT2D eigenvalue weighted by molar-refractivity contribution is -0.144. The Kier molecular flexibility index (Phi) is 28.8. The van der Waals surface area contributed by atoms with Crippen LogP contribution in [-0.2, 0) is 64.7 Å². The van der Waals surface area contributed by atoms with E-state index in [1.54, 1.807) is 135 Å². The first-order valence-electron chi connectivity index (χ1n) is 44.2. The summed E-state index contributed by atoms with van der Waals surface area (Å²) in [6.07, 6.45) is -23.0. The van der Waals surface area contributed by atoms with Crippen molar-refractivity contribution in [2.24, 2.45) is 0 Å². The predicted molar refractivity (Wildman–Crippen MR) is 488 cm³/mol. The molecule has 6 atom stereocenters. The van der Waals surface area contributed by atoms with Gasteiger partial charge in [0.15, 0.2) is 5.82 Å². The minimum absolute atomic E-state index is 0.00869. The maximum atomic E-state index is 14.9. The SMILES string of the molecule is COc1cc(F)c(C(C)C)cc1-c1ccc(-n2cccn2)nc1CN1C(=O)O[C@H](c2cc(C(F)(F)F)cc(C(F)(F)F)c2)[C@@H]1C.COc1ccc(-c2ccc(C(=O)O)cc2C)cc1-c1cnc(-n2cccn2)nc1CN1C(=O)O[C@H](c2cc(C)cc(C(F)(F)F)c2)[C@@H]1C.COc1ccc(-c2ccc(C(=O)O)cc2C)cc1-c1cnc(N2CC(F)C2)cc1CN1C(=O)O[C@H](c2cc(C(F)(F)F)cc(C(F)(F)F)c2)[C@@H]1C. The quantitative estimate of drug-likeness (QED) is 0.0444. The summed E-state index contributed by atoms with van der Waals surface area (Å²) in [5.41, 5.74) is 2.05. The number of anilines is 1. The summed E-state index contributed by atoms with van der Waals surface area (Å²) in [5.74, 6) is -0.724. The van der Waals surface area contributed by atoms with E-state index in [1.165, 1.54) is 91.0 Å². The summed E-state index contributed by atoms with van der Waals surface area (Å²) < 4.78 is 269. The van der Waals surface area contributed by atoms with Gasteiger partial charge in [-0.05, 0) is 242 Å². The number of halogens is 17. The normalized spacial score (nSPS) is 17.2. The molecule has 13 aromatic rings. The first-order chi connectivity index (χ1) is 67.8. The number of alkyl halides is 16. The second-order valence-electron chi connectivity index (χ2n) is 34.9. The number of methoxy groups -OCH3 is 3. The van der Waals surface area contributed by atoms with Crippen LogP contribution in [0.15, 0.2) is 207 Å². The number of carbonyl (C=O) groups is 5. The Bertz CT molecular complexity index is 7010. The van der Waals surface area contributed by atoms with Gasteiger partial charge >= 0.3 is 61.1 Å². The molecule has 2 N–H and O–H groups in total. The highest BCUT2D eigenvalue weighted by Crippen LogP contribution is 2.49. The Morgan fingerprint density at radius 2 is 0.847 bits per heavy atom. The van der Waals surface area contributed by atoms with Crippen molar-refractivity contribution in [1.82, 2.24) is 54.2 Å². The number of nitrogens with zero attached hydrogens (tertiary/aromatic N) is 12. The summed E-state index contributed by atoms with van der Waals surface area (Å²) in [6, 6.07) is 34.7. The fraction of sp³-hybridized carbons (Fsp3) is 0.284. The highest BCUT2D eigenvalue weighted by molar-refractivity contribution is 5.91. The lowest BCUT2D eigenvalue weighted by atomic mass is 9.93. The number of amides is 3. The molecule has 0 bridgehead atoms. The van der Waals surface area contributed by atoms with Crippen molar-refractivity contribution >= 4 is 36.0 Å². The summed E-state index contributed by atoms with van der Waals surface area (Å²) in [4.78, 5) is 86.8. The zero-order valence-electron chi connectivity index (χ0n) is 78.0. The van der Waals surface area contributed by atoms with Gasteiger partial charge in [-0.25, -0.2) is 62.1 Å². The molecule has 5 aromatic heterocycles. The molecular weight excluding hydrogens is 1920 g/mol. The van der Waals surface area contributed by atoms with Crippen LogP contribution in [0.4, 0.5) is 94.8 Å².